The van der Waals surface area contributed by atoms with Gasteiger partial charge < -0.3 is 15.7 Å². The molecule has 0 heterocycles. The second kappa shape index (κ2) is 9.00. The Morgan fingerprint density at radius 2 is 2.25 bits per heavy atom. The Hall–Kier alpha value is -1.99. The van der Waals surface area contributed by atoms with Crippen LogP contribution in [0.3, 0.4) is 0 Å². The number of hydrogen-bond donors (Lipinski definition) is 3. The zero-order valence-electron chi connectivity index (χ0n) is 12.1. The van der Waals surface area contributed by atoms with E-state index >= 15 is 0 Å². The molecular weight excluding hydrogens is 252 g/mol. The number of nitrogens with one attached hydrogen (secondary N) is 2. The van der Waals surface area contributed by atoms with E-state index in [1.165, 1.54) is 0 Å². The molecule has 1 rings (SSSR count). The summed E-state index contributed by atoms with van der Waals surface area (Å²) in [5.74, 6) is 5.47. The fourth-order valence-electron chi connectivity index (χ4n) is 1.74. The summed E-state index contributed by atoms with van der Waals surface area (Å²) in [6.45, 7) is 4.55. The number of unbranched alkanes of at least 4 members (excludes halogenated alkanes) is 1. The molecule has 4 heteroatoms. The molecule has 1 aromatic carbocycles. The first-order valence-corrected chi connectivity index (χ1v) is 6.91. The predicted molar refractivity (Wildman–Crippen MR) is 80.3 cm³/mol. The normalized spacial score (nSPS) is 11.2. The molecule has 0 bridgehead atoms. The van der Waals surface area contributed by atoms with Crippen LogP contribution in [-0.4, -0.2) is 24.3 Å². The van der Waals surface area contributed by atoms with E-state index in [1.54, 1.807) is 0 Å². The summed E-state index contributed by atoms with van der Waals surface area (Å²) in [7, 11) is 0. The maximum absolute atomic E-state index is 11.7. The number of hydrogen-bond acceptors (Lipinski definition) is 2. The number of amides is 2. The van der Waals surface area contributed by atoms with Crippen molar-refractivity contribution in [1.29, 1.82) is 0 Å². The van der Waals surface area contributed by atoms with Crippen LogP contribution in [0.4, 0.5) is 4.79 Å². The molecule has 1 aromatic rings. The summed E-state index contributed by atoms with van der Waals surface area (Å²) >= 11 is 0. The van der Waals surface area contributed by atoms with Gasteiger partial charge in [0.2, 0.25) is 0 Å². The molecule has 0 aliphatic rings. The van der Waals surface area contributed by atoms with E-state index in [2.05, 4.69) is 29.4 Å². The fraction of sp³-hybridized carbons (Fsp3) is 0.438. The SMILES string of the molecule is CCCCNC(=O)NC(C)c1cccc(C#CCO)c1. The van der Waals surface area contributed by atoms with Gasteiger partial charge >= 0.3 is 6.03 Å². The maximum atomic E-state index is 11.7. The smallest absolute Gasteiger partial charge is 0.315 e. The van der Waals surface area contributed by atoms with Crippen molar-refractivity contribution in [3.63, 3.8) is 0 Å². The number of aliphatic hydroxyl groups excluding tert-OH is 1. The molecule has 0 aliphatic heterocycles. The van der Waals surface area contributed by atoms with Crippen molar-refractivity contribution in [2.75, 3.05) is 13.2 Å². The first-order valence-electron chi connectivity index (χ1n) is 6.91. The highest BCUT2D eigenvalue weighted by molar-refractivity contribution is 5.74. The molecule has 0 saturated carbocycles. The van der Waals surface area contributed by atoms with E-state index in [1.807, 2.05) is 31.2 Å². The van der Waals surface area contributed by atoms with Crippen LogP contribution in [0.25, 0.3) is 0 Å². The third kappa shape index (κ3) is 5.77. The number of aliphatic hydroxyl groups is 1. The number of rotatable bonds is 5. The quantitative estimate of drug-likeness (QED) is 0.569. The van der Waals surface area contributed by atoms with Crippen molar-refractivity contribution >= 4 is 6.03 Å². The molecular formula is C16H22N2O2. The highest BCUT2D eigenvalue weighted by Crippen LogP contribution is 2.13. The minimum Gasteiger partial charge on any atom is -0.384 e. The molecule has 108 valence electrons. The van der Waals surface area contributed by atoms with E-state index in [0.29, 0.717) is 6.54 Å². The van der Waals surface area contributed by atoms with Gasteiger partial charge in [-0.15, -0.1) is 0 Å². The van der Waals surface area contributed by atoms with Crippen LogP contribution in [0.15, 0.2) is 24.3 Å². The van der Waals surface area contributed by atoms with Crippen molar-refractivity contribution in [2.45, 2.75) is 32.7 Å². The number of benzene rings is 1. The second-order valence-electron chi connectivity index (χ2n) is 4.56. The molecule has 3 N–H and O–H groups in total. The zero-order chi connectivity index (χ0) is 14.8. The van der Waals surface area contributed by atoms with Crippen LogP contribution in [0.2, 0.25) is 0 Å². The lowest BCUT2D eigenvalue weighted by molar-refractivity contribution is 0.238. The van der Waals surface area contributed by atoms with Gasteiger partial charge in [0.05, 0.1) is 6.04 Å². The first kappa shape index (κ1) is 16.1. The summed E-state index contributed by atoms with van der Waals surface area (Å²) in [4.78, 5) is 11.7. The fourth-order valence-corrected chi connectivity index (χ4v) is 1.74. The topological polar surface area (TPSA) is 61.4 Å². The molecule has 4 nitrogen and oxygen atoms in total. The maximum Gasteiger partial charge on any atom is 0.315 e. The van der Waals surface area contributed by atoms with E-state index in [4.69, 9.17) is 5.11 Å². The number of carbonyl (C=O) groups excluding carboxylic acids is 1. The highest BCUT2D eigenvalue weighted by Gasteiger charge is 2.08. The van der Waals surface area contributed by atoms with Crippen LogP contribution in [-0.2, 0) is 0 Å². The van der Waals surface area contributed by atoms with Gasteiger partial charge in [-0.1, -0.05) is 37.3 Å². The Morgan fingerprint density at radius 3 is 2.95 bits per heavy atom. The Bertz CT molecular complexity index is 489. The second-order valence-corrected chi connectivity index (χ2v) is 4.56. The molecule has 20 heavy (non-hydrogen) atoms. The van der Waals surface area contributed by atoms with Crippen molar-refractivity contribution < 1.29 is 9.90 Å². The molecule has 0 spiro atoms. The summed E-state index contributed by atoms with van der Waals surface area (Å²) in [5.41, 5.74) is 1.82. The van der Waals surface area contributed by atoms with E-state index in [9.17, 15) is 4.79 Å². The molecule has 0 fully saturated rings. The van der Waals surface area contributed by atoms with Crippen LogP contribution in [0.1, 0.15) is 43.9 Å². The summed E-state index contributed by atoms with van der Waals surface area (Å²) in [6, 6.07) is 7.38. The van der Waals surface area contributed by atoms with Gasteiger partial charge in [0, 0.05) is 12.1 Å². The largest absolute Gasteiger partial charge is 0.384 e. The van der Waals surface area contributed by atoms with Crippen LogP contribution in [0, 0.1) is 11.8 Å². The van der Waals surface area contributed by atoms with Gasteiger partial charge in [-0.2, -0.15) is 0 Å². The lowest BCUT2D eigenvalue weighted by Crippen LogP contribution is -2.37. The molecule has 0 saturated heterocycles. The predicted octanol–water partition coefficient (Wildman–Crippen LogP) is 2.19. The lowest BCUT2D eigenvalue weighted by Gasteiger charge is -2.15. The molecule has 0 aliphatic carbocycles. The average molecular weight is 274 g/mol. The van der Waals surface area contributed by atoms with Gasteiger partial charge in [-0.05, 0) is 31.0 Å². The molecule has 1 unspecified atom stereocenters. The number of carbonyl (C=O) groups is 1. The van der Waals surface area contributed by atoms with Crippen molar-refractivity contribution in [2.24, 2.45) is 0 Å². The highest BCUT2D eigenvalue weighted by atomic mass is 16.2. The van der Waals surface area contributed by atoms with E-state index < -0.39 is 0 Å². The monoisotopic (exact) mass is 274 g/mol. The molecule has 2 amide bonds. The number of urea groups is 1. The van der Waals surface area contributed by atoms with Gasteiger partial charge in [-0.25, -0.2) is 4.79 Å². The molecule has 0 aromatic heterocycles. The minimum atomic E-state index is -0.155. The minimum absolute atomic E-state index is 0.0903. The van der Waals surface area contributed by atoms with Crippen molar-refractivity contribution in [3.8, 4) is 11.8 Å². The summed E-state index contributed by atoms with van der Waals surface area (Å²) in [5, 5.41) is 14.4. The Kier molecular flexibility index (Phi) is 7.23. The van der Waals surface area contributed by atoms with E-state index in [0.717, 1.165) is 24.0 Å². The van der Waals surface area contributed by atoms with Gasteiger partial charge in [-0.3, -0.25) is 0 Å². The summed E-state index contributed by atoms with van der Waals surface area (Å²) < 4.78 is 0. The Morgan fingerprint density at radius 1 is 1.45 bits per heavy atom. The standard InChI is InChI=1S/C16H22N2O2/c1-3-4-10-17-16(20)18-13(2)15-9-5-7-14(12-15)8-6-11-19/h5,7,9,12-13,19H,3-4,10-11H2,1-2H3,(H2,17,18,20). The van der Waals surface area contributed by atoms with E-state index in [-0.39, 0.29) is 18.7 Å². The van der Waals surface area contributed by atoms with Crippen LogP contribution >= 0.6 is 0 Å². The van der Waals surface area contributed by atoms with Crippen molar-refractivity contribution in [1.82, 2.24) is 10.6 Å². The third-order valence-electron chi connectivity index (χ3n) is 2.86. The molecule has 0 radical (unpaired) electrons. The zero-order valence-corrected chi connectivity index (χ0v) is 12.1. The third-order valence-corrected chi connectivity index (χ3v) is 2.86. The van der Waals surface area contributed by atoms with Gasteiger partial charge in [0.1, 0.15) is 6.61 Å². The molecule has 1 atom stereocenters. The summed E-state index contributed by atoms with van der Waals surface area (Å²) in [6.07, 6.45) is 2.04. The van der Waals surface area contributed by atoms with Gasteiger partial charge in [0.15, 0.2) is 0 Å². The van der Waals surface area contributed by atoms with Crippen molar-refractivity contribution in [3.05, 3.63) is 35.4 Å². The Labute approximate surface area is 120 Å². The Balaban J connectivity index is 2.58. The lowest BCUT2D eigenvalue weighted by atomic mass is 10.1. The van der Waals surface area contributed by atoms with Gasteiger partial charge in [0.25, 0.3) is 0 Å². The van der Waals surface area contributed by atoms with Crippen LogP contribution in [0.5, 0.6) is 0 Å². The first-order chi connectivity index (χ1) is 9.67. The van der Waals surface area contributed by atoms with Crippen LogP contribution < -0.4 is 10.6 Å². The average Bonchev–Trinajstić information content (AvgIpc) is 2.45.